The number of carboxylic acid groups (broad SMARTS) is 1. The smallest absolute Gasteiger partial charge is 0.305 e. The molecule has 110 valence electrons. The van der Waals surface area contributed by atoms with Gasteiger partial charge in [0.1, 0.15) is 0 Å². The van der Waals surface area contributed by atoms with Gasteiger partial charge in [-0.25, -0.2) is 0 Å². The van der Waals surface area contributed by atoms with Crippen molar-refractivity contribution in [3.63, 3.8) is 0 Å². The second kappa shape index (κ2) is 11.0. The standard InChI is InChI=1S/C17H17NO3.2Na/c1-18(12-11-16(19)20)15-10-6-5-9-14(15)17(21)13-7-3-2-4-8-13;;/h2-10H,11-12H2,1H3,(H,19,20);;. The van der Waals surface area contributed by atoms with E-state index in [1.165, 1.54) is 0 Å². The van der Waals surface area contributed by atoms with Crippen LogP contribution in [0.1, 0.15) is 22.3 Å². The van der Waals surface area contributed by atoms with E-state index in [4.69, 9.17) is 5.11 Å². The van der Waals surface area contributed by atoms with Crippen LogP contribution in [0.4, 0.5) is 5.69 Å². The largest absolute Gasteiger partial charge is 0.481 e. The van der Waals surface area contributed by atoms with Crippen LogP contribution in [0, 0.1) is 0 Å². The van der Waals surface area contributed by atoms with E-state index < -0.39 is 5.97 Å². The van der Waals surface area contributed by atoms with E-state index in [0.29, 0.717) is 17.7 Å². The molecule has 0 unspecified atom stereocenters. The number of carbonyl (C=O) groups is 2. The van der Waals surface area contributed by atoms with Crippen molar-refractivity contribution in [1.29, 1.82) is 0 Å². The summed E-state index contributed by atoms with van der Waals surface area (Å²) in [6, 6.07) is 16.3. The molecule has 23 heavy (non-hydrogen) atoms. The van der Waals surface area contributed by atoms with Gasteiger partial charge in [-0.15, -0.1) is 0 Å². The monoisotopic (exact) mass is 329 g/mol. The van der Waals surface area contributed by atoms with E-state index in [1.54, 1.807) is 30.1 Å². The fourth-order valence-electron chi connectivity index (χ4n) is 2.13. The van der Waals surface area contributed by atoms with Crippen LogP contribution in [-0.4, -0.2) is 89.6 Å². The maximum atomic E-state index is 12.6. The van der Waals surface area contributed by atoms with Gasteiger partial charge in [0.25, 0.3) is 0 Å². The van der Waals surface area contributed by atoms with Gasteiger partial charge in [0, 0.05) is 89.5 Å². The normalized spacial score (nSPS) is 9.26. The van der Waals surface area contributed by atoms with Crippen LogP contribution >= 0.6 is 0 Å². The molecule has 2 aromatic rings. The van der Waals surface area contributed by atoms with Crippen molar-refractivity contribution in [2.75, 3.05) is 18.5 Å². The number of ketones is 1. The molecule has 0 bridgehead atoms. The third kappa shape index (κ3) is 6.42. The van der Waals surface area contributed by atoms with Crippen LogP contribution in [0.25, 0.3) is 0 Å². The minimum absolute atomic E-state index is 0. The molecule has 6 heteroatoms. The van der Waals surface area contributed by atoms with E-state index in [2.05, 4.69) is 0 Å². The minimum Gasteiger partial charge on any atom is -0.481 e. The van der Waals surface area contributed by atoms with Gasteiger partial charge in [-0.05, 0) is 12.1 Å². The van der Waals surface area contributed by atoms with E-state index in [1.807, 2.05) is 36.4 Å². The zero-order valence-corrected chi connectivity index (χ0v) is 17.8. The van der Waals surface area contributed by atoms with Crippen LogP contribution in [0.5, 0.6) is 0 Å². The van der Waals surface area contributed by atoms with Gasteiger partial charge >= 0.3 is 5.97 Å². The Labute approximate surface area is 180 Å². The Kier molecular flexibility index (Phi) is 10.7. The van der Waals surface area contributed by atoms with E-state index >= 15 is 0 Å². The molecule has 1 N–H and O–H groups in total. The van der Waals surface area contributed by atoms with Crippen molar-refractivity contribution >= 4 is 76.6 Å². The predicted octanol–water partition coefficient (Wildman–Crippen LogP) is 2.07. The Balaban J connectivity index is 0.00000242. The summed E-state index contributed by atoms with van der Waals surface area (Å²) in [5.41, 5.74) is 1.95. The number of para-hydroxylation sites is 1. The third-order valence-corrected chi connectivity index (χ3v) is 3.26. The minimum atomic E-state index is -0.853. The average molecular weight is 329 g/mol. The Morgan fingerprint density at radius 2 is 1.52 bits per heavy atom. The summed E-state index contributed by atoms with van der Waals surface area (Å²) >= 11 is 0. The first kappa shape index (κ1) is 22.4. The van der Waals surface area contributed by atoms with Crippen LogP contribution in [0.2, 0.25) is 0 Å². The number of carbonyl (C=O) groups excluding carboxylic acids is 1. The topological polar surface area (TPSA) is 57.6 Å². The molecule has 0 saturated heterocycles. The van der Waals surface area contributed by atoms with Crippen LogP contribution in [0.15, 0.2) is 54.6 Å². The molecule has 2 aromatic carbocycles. The molecule has 2 rings (SSSR count). The Bertz CT molecular complexity index is 647. The van der Waals surface area contributed by atoms with Gasteiger partial charge in [0.05, 0.1) is 6.42 Å². The molecule has 0 saturated carbocycles. The summed E-state index contributed by atoms with van der Waals surface area (Å²) in [6.07, 6.45) is 0.0321. The molecule has 0 aromatic heterocycles. The second-order valence-corrected chi connectivity index (χ2v) is 4.78. The number of benzene rings is 2. The number of nitrogens with zero attached hydrogens (tertiary/aromatic N) is 1. The number of rotatable bonds is 6. The molecule has 0 atom stereocenters. The Hall–Kier alpha value is -0.620. The van der Waals surface area contributed by atoms with Gasteiger partial charge in [-0.1, -0.05) is 42.5 Å². The number of carboxylic acids is 1. The third-order valence-electron chi connectivity index (χ3n) is 3.26. The van der Waals surface area contributed by atoms with Crippen molar-refractivity contribution < 1.29 is 14.7 Å². The molecule has 0 fully saturated rings. The van der Waals surface area contributed by atoms with Gasteiger partial charge in [-0.2, -0.15) is 0 Å². The molecule has 0 aliphatic rings. The zero-order valence-electron chi connectivity index (χ0n) is 13.8. The van der Waals surface area contributed by atoms with Gasteiger partial charge in [-0.3, -0.25) is 9.59 Å². The van der Waals surface area contributed by atoms with Gasteiger partial charge in [0.15, 0.2) is 5.78 Å². The van der Waals surface area contributed by atoms with E-state index in [9.17, 15) is 9.59 Å². The van der Waals surface area contributed by atoms with Crippen molar-refractivity contribution in [2.24, 2.45) is 0 Å². The second-order valence-electron chi connectivity index (χ2n) is 4.78. The molecule has 0 spiro atoms. The summed E-state index contributed by atoms with van der Waals surface area (Å²) in [6.45, 7) is 0.356. The SMILES string of the molecule is CN(CCC(=O)O)c1ccccc1C(=O)c1ccccc1.[Na].[Na]. The molecule has 0 amide bonds. The average Bonchev–Trinajstić information content (AvgIpc) is 2.52. The molecule has 0 aliphatic carbocycles. The van der Waals surface area contributed by atoms with Crippen LogP contribution in [-0.2, 0) is 4.79 Å². The maximum absolute atomic E-state index is 12.6. The van der Waals surface area contributed by atoms with Crippen molar-refractivity contribution in [3.8, 4) is 0 Å². The first-order valence-corrected chi connectivity index (χ1v) is 6.71. The van der Waals surface area contributed by atoms with E-state index in [0.717, 1.165) is 5.69 Å². The molecular formula is C17H17NNa2O3. The summed E-state index contributed by atoms with van der Waals surface area (Å²) in [4.78, 5) is 25.0. The molecule has 0 aliphatic heterocycles. The fraction of sp³-hybridized carbons (Fsp3) is 0.176. The predicted molar refractivity (Wildman–Crippen MR) is 93.3 cm³/mol. The van der Waals surface area contributed by atoms with Crippen LogP contribution in [0.3, 0.4) is 0 Å². The van der Waals surface area contributed by atoms with Gasteiger partial charge < -0.3 is 10.0 Å². The summed E-state index contributed by atoms with van der Waals surface area (Å²) < 4.78 is 0. The molecule has 4 nitrogen and oxygen atoms in total. The van der Waals surface area contributed by atoms with Crippen molar-refractivity contribution in [3.05, 3.63) is 65.7 Å². The molecule has 0 heterocycles. The summed E-state index contributed by atoms with van der Waals surface area (Å²) in [5, 5.41) is 8.77. The zero-order chi connectivity index (χ0) is 15.2. The van der Waals surface area contributed by atoms with Gasteiger partial charge in [0.2, 0.25) is 0 Å². The fourth-order valence-corrected chi connectivity index (χ4v) is 2.13. The summed E-state index contributed by atoms with van der Waals surface area (Å²) in [7, 11) is 1.79. The van der Waals surface area contributed by atoms with Crippen LogP contribution < -0.4 is 4.90 Å². The number of hydrogen-bond acceptors (Lipinski definition) is 3. The first-order valence-electron chi connectivity index (χ1n) is 6.71. The number of aliphatic carboxylic acids is 1. The summed E-state index contributed by atoms with van der Waals surface area (Å²) in [5.74, 6) is -0.915. The quantitative estimate of drug-likeness (QED) is 0.651. The van der Waals surface area contributed by atoms with E-state index in [-0.39, 0.29) is 71.3 Å². The number of anilines is 1. The maximum Gasteiger partial charge on any atom is 0.305 e. The first-order chi connectivity index (χ1) is 10.1. The van der Waals surface area contributed by atoms with Crippen molar-refractivity contribution in [1.82, 2.24) is 0 Å². The molecular weight excluding hydrogens is 312 g/mol. The molecule has 2 radical (unpaired) electrons. The number of hydrogen-bond donors (Lipinski definition) is 1. The van der Waals surface area contributed by atoms with Crippen molar-refractivity contribution in [2.45, 2.75) is 6.42 Å². The Morgan fingerprint density at radius 3 is 2.13 bits per heavy atom. The Morgan fingerprint density at radius 1 is 0.957 bits per heavy atom.